The number of hydrogen-bond acceptors (Lipinski definition) is 3. The average molecular weight is 347 g/mol. The molecule has 0 saturated carbocycles. The van der Waals surface area contributed by atoms with Crippen LogP contribution in [-0.4, -0.2) is 31.5 Å². The number of sulfonamides is 1. The van der Waals surface area contributed by atoms with E-state index in [2.05, 4.69) is 5.32 Å². The van der Waals surface area contributed by atoms with E-state index in [0.29, 0.717) is 5.56 Å². The molecular formula is C17H18FN3O2S. The maximum absolute atomic E-state index is 13.5. The minimum absolute atomic E-state index is 0.161. The van der Waals surface area contributed by atoms with Crippen LogP contribution in [0.1, 0.15) is 12.5 Å². The van der Waals surface area contributed by atoms with Crippen LogP contribution in [0.25, 0.3) is 11.1 Å². The topological polar surface area (TPSA) is 73.3 Å². The Hall–Kier alpha value is -2.41. The highest BCUT2D eigenvalue weighted by Gasteiger charge is 2.41. The van der Waals surface area contributed by atoms with Gasteiger partial charge >= 0.3 is 0 Å². The van der Waals surface area contributed by atoms with Crippen LogP contribution in [0.5, 0.6) is 0 Å². The Bertz CT molecular complexity index is 914. The van der Waals surface area contributed by atoms with Gasteiger partial charge in [-0.2, -0.15) is 0 Å². The zero-order chi connectivity index (χ0) is 17.5. The number of hydrogen-bond donors (Lipinski definition) is 2. The fraction of sp³-hybridized carbons (Fsp3) is 0.235. The maximum Gasteiger partial charge on any atom is 0.239 e. The standard InChI is InChI=1S/C17H18FN3O2S/c1-17(11-24(22,23)21(2)16(19)20-17)14-7-3-5-12(9-14)13-6-4-8-15(18)10-13/h3-10H,11H2,1-2H3,(H2,19,20)/t17-/m0/s1. The lowest BCUT2D eigenvalue weighted by Crippen LogP contribution is -2.60. The first-order valence-electron chi connectivity index (χ1n) is 7.41. The van der Waals surface area contributed by atoms with Crippen molar-refractivity contribution in [3.05, 3.63) is 59.9 Å². The third-order valence-corrected chi connectivity index (χ3v) is 6.21. The van der Waals surface area contributed by atoms with Gasteiger partial charge in [0.25, 0.3) is 0 Å². The molecular weight excluding hydrogens is 329 g/mol. The van der Waals surface area contributed by atoms with Gasteiger partial charge in [0, 0.05) is 7.05 Å². The van der Waals surface area contributed by atoms with Gasteiger partial charge in [0.2, 0.25) is 16.0 Å². The van der Waals surface area contributed by atoms with Crippen molar-refractivity contribution in [2.75, 3.05) is 12.8 Å². The molecule has 2 aromatic rings. The van der Waals surface area contributed by atoms with E-state index in [0.717, 1.165) is 15.4 Å². The molecule has 1 saturated heterocycles. The Labute approximate surface area is 140 Å². The summed E-state index contributed by atoms with van der Waals surface area (Å²) in [7, 11) is -2.21. The molecule has 7 heteroatoms. The van der Waals surface area contributed by atoms with Crippen LogP contribution in [0, 0.1) is 11.2 Å². The lowest BCUT2D eigenvalue weighted by molar-refractivity contribution is 0.418. The summed E-state index contributed by atoms with van der Waals surface area (Å²) in [5.41, 5.74) is 1.31. The first-order valence-corrected chi connectivity index (χ1v) is 9.02. The fourth-order valence-electron chi connectivity index (χ4n) is 2.84. The van der Waals surface area contributed by atoms with Crippen LogP contribution in [0.15, 0.2) is 48.5 Å². The van der Waals surface area contributed by atoms with Crippen molar-refractivity contribution in [2.45, 2.75) is 12.5 Å². The number of nitrogens with one attached hydrogen (secondary N) is 2. The Balaban J connectivity index is 2.04. The lowest BCUT2D eigenvalue weighted by atomic mass is 9.91. The van der Waals surface area contributed by atoms with Gasteiger partial charge in [-0.15, -0.1) is 0 Å². The van der Waals surface area contributed by atoms with E-state index >= 15 is 0 Å². The summed E-state index contributed by atoms with van der Waals surface area (Å²) in [6.45, 7) is 1.75. The number of nitrogens with zero attached hydrogens (tertiary/aromatic N) is 1. The minimum Gasteiger partial charge on any atom is -0.345 e. The summed E-state index contributed by atoms with van der Waals surface area (Å²) < 4.78 is 38.9. The SMILES string of the molecule is CN1C(=N)N[C@](C)(c2cccc(-c3cccc(F)c3)c2)CS1(=O)=O. The summed E-state index contributed by atoms with van der Waals surface area (Å²) in [5, 5.41) is 10.8. The van der Waals surface area contributed by atoms with Gasteiger partial charge in [-0.05, 0) is 41.8 Å². The molecule has 1 atom stereocenters. The Morgan fingerprint density at radius 1 is 1.17 bits per heavy atom. The molecule has 0 aliphatic carbocycles. The van der Waals surface area contributed by atoms with E-state index in [4.69, 9.17) is 5.41 Å². The van der Waals surface area contributed by atoms with Crippen LogP contribution in [0.2, 0.25) is 0 Å². The largest absolute Gasteiger partial charge is 0.345 e. The number of halogens is 1. The number of guanidine groups is 1. The van der Waals surface area contributed by atoms with Crippen molar-refractivity contribution in [2.24, 2.45) is 0 Å². The van der Waals surface area contributed by atoms with Crippen LogP contribution in [0.3, 0.4) is 0 Å². The van der Waals surface area contributed by atoms with Gasteiger partial charge in [0.15, 0.2) is 0 Å². The smallest absolute Gasteiger partial charge is 0.239 e. The van der Waals surface area contributed by atoms with E-state index in [1.807, 2.05) is 18.2 Å². The van der Waals surface area contributed by atoms with Crippen molar-refractivity contribution >= 4 is 16.0 Å². The predicted octanol–water partition coefficient (Wildman–Crippen LogP) is 2.51. The molecule has 0 amide bonds. The summed E-state index contributed by atoms with van der Waals surface area (Å²) in [6, 6.07) is 13.5. The molecule has 0 radical (unpaired) electrons. The van der Waals surface area contributed by atoms with Crippen molar-refractivity contribution in [1.82, 2.24) is 9.62 Å². The molecule has 0 unspecified atom stereocenters. The molecule has 0 bridgehead atoms. The zero-order valence-electron chi connectivity index (χ0n) is 13.4. The second-order valence-electron chi connectivity index (χ2n) is 6.12. The predicted molar refractivity (Wildman–Crippen MR) is 91.6 cm³/mol. The van der Waals surface area contributed by atoms with Crippen LogP contribution in [-0.2, 0) is 15.6 Å². The molecule has 1 heterocycles. The van der Waals surface area contributed by atoms with Crippen molar-refractivity contribution < 1.29 is 12.8 Å². The lowest BCUT2D eigenvalue weighted by Gasteiger charge is -2.40. The Kier molecular flexibility index (Phi) is 3.83. The third kappa shape index (κ3) is 2.87. The minimum atomic E-state index is -3.56. The monoisotopic (exact) mass is 347 g/mol. The van der Waals surface area contributed by atoms with Gasteiger partial charge in [-0.25, -0.2) is 17.1 Å². The van der Waals surface area contributed by atoms with E-state index in [1.54, 1.807) is 25.1 Å². The second-order valence-corrected chi connectivity index (χ2v) is 8.12. The summed E-state index contributed by atoms with van der Waals surface area (Å²) in [5.74, 6) is -0.656. The number of benzene rings is 2. The van der Waals surface area contributed by atoms with Gasteiger partial charge in [-0.1, -0.05) is 30.3 Å². The molecule has 5 nitrogen and oxygen atoms in total. The molecule has 3 rings (SSSR count). The van der Waals surface area contributed by atoms with Gasteiger partial charge in [-0.3, -0.25) is 5.41 Å². The summed E-state index contributed by atoms with van der Waals surface area (Å²) in [6.07, 6.45) is 0. The zero-order valence-corrected chi connectivity index (χ0v) is 14.2. The van der Waals surface area contributed by atoms with Crippen molar-refractivity contribution in [3.8, 4) is 11.1 Å². The molecule has 0 aromatic heterocycles. The third-order valence-electron chi connectivity index (χ3n) is 4.26. The van der Waals surface area contributed by atoms with E-state index in [9.17, 15) is 12.8 Å². The van der Waals surface area contributed by atoms with Crippen molar-refractivity contribution in [1.29, 1.82) is 5.41 Å². The molecule has 126 valence electrons. The van der Waals surface area contributed by atoms with Crippen LogP contribution in [0.4, 0.5) is 4.39 Å². The Morgan fingerprint density at radius 3 is 2.42 bits per heavy atom. The van der Waals surface area contributed by atoms with Crippen LogP contribution >= 0.6 is 0 Å². The molecule has 2 aromatic carbocycles. The molecule has 0 spiro atoms. The van der Waals surface area contributed by atoms with Gasteiger partial charge in [0.05, 0.1) is 11.3 Å². The fourth-order valence-corrected chi connectivity index (χ4v) is 4.33. The highest BCUT2D eigenvalue weighted by molar-refractivity contribution is 7.89. The Morgan fingerprint density at radius 2 is 1.79 bits per heavy atom. The molecule has 1 fully saturated rings. The second kappa shape index (κ2) is 5.59. The molecule has 2 N–H and O–H groups in total. The molecule has 24 heavy (non-hydrogen) atoms. The average Bonchev–Trinajstić information content (AvgIpc) is 2.52. The molecule has 1 aliphatic heterocycles. The van der Waals surface area contributed by atoms with E-state index in [1.165, 1.54) is 19.2 Å². The molecule has 1 aliphatic rings. The van der Waals surface area contributed by atoms with Crippen molar-refractivity contribution in [3.63, 3.8) is 0 Å². The van der Waals surface area contributed by atoms with Gasteiger partial charge in [0.1, 0.15) is 5.82 Å². The number of rotatable bonds is 2. The first kappa shape index (κ1) is 16.4. The highest BCUT2D eigenvalue weighted by Crippen LogP contribution is 2.31. The van der Waals surface area contributed by atoms with Gasteiger partial charge < -0.3 is 5.32 Å². The van der Waals surface area contributed by atoms with Crippen LogP contribution < -0.4 is 5.32 Å². The summed E-state index contributed by atoms with van der Waals surface area (Å²) in [4.78, 5) is 0. The quantitative estimate of drug-likeness (QED) is 0.877. The highest BCUT2D eigenvalue weighted by atomic mass is 32.2. The maximum atomic E-state index is 13.5. The summed E-state index contributed by atoms with van der Waals surface area (Å²) >= 11 is 0. The van der Waals surface area contributed by atoms with E-state index in [-0.39, 0.29) is 17.5 Å². The first-order chi connectivity index (χ1) is 11.2. The van der Waals surface area contributed by atoms with E-state index < -0.39 is 15.6 Å². The normalized spacial score (nSPS) is 23.0.